The molecular weight excluding hydrogens is 531 g/mol. The van der Waals surface area contributed by atoms with Crippen LogP contribution in [0, 0.1) is 5.82 Å². The lowest BCUT2D eigenvalue weighted by Gasteiger charge is -2.17. The number of benzene rings is 2. The average molecular weight is 561 g/mol. The molecule has 8 nitrogen and oxygen atoms in total. The van der Waals surface area contributed by atoms with E-state index >= 15 is 0 Å². The fourth-order valence-electron chi connectivity index (χ4n) is 4.39. The second kappa shape index (κ2) is 13.8. The third-order valence-corrected chi connectivity index (χ3v) is 6.51. The predicted octanol–water partition coefficient (Wildman–Crippen LogP) is 5.19. The maximum Gasteiger partial charge on any atom is 0.255 e. The Kier molecular flexibility index (Phi) is 9.21. The fourth-order valence-corrected chi connectivity index (χ4v) is 4.39. The van der Waals surface area contributed by atoms with Gasteiger partial charge in [0.15, 0.2) is 0 Å². The Hall–Kier alpha value is -5.44. The molecule has 3 heterocycles. The van der Waals surface area contributed by atoms with Crippen LogP contribution >= 0.6 is 0 Å². The molecule has 0 saturated carbocycles. The van der Waals surface area contributed by atoms with Gasteiger partial charge in [0.2, 0.25) is 0 Å². The summed E-state index contributed by atoms with van der Waals surface area (Å²) in [5, 5.41) is 9.08. The van der Waals surface area contributed by atoms with Crippen molar-refractivity contribution in [3.05, 3.63) is 143 Å². The zero-order valence-electron chi connectivity index (χ0n) is 22.8. The van der Waals surface area contributed by atoms with Gasteiger partial charge in [-0.2, -0.15) is 0 Å². The maximum absolute atomic E-state index is 13.7. The first kappa shape index (κ1) is 28.1. The van der Waals surface area contributed by atoms with E-state index in [0.29, 0.717) is 24.5 Å². The number of nitrogens with one attached hydrogen (secondary N) is 3. The van der Waals surface area contributed by atoms with Crippen molar-refractivity contribution in [1.29, 1.82) is 0 Å². The highest BCUT2D eigenvalue weighted by Crippen LogP contribution is 2.27. The van der Waals surface area contributed by atoms with E-state index in [0.717, 1.165) is 22.3 Å². The summed E-state index contributed by atoms with van der Waals surface area (Å²) in [5.74, 6) is -0.773. The number of hydrogen-bond acceptors (Lipinski definition) is 6. The van der Waals surface area contributed by atoms with Gasteiger partial charge >= 0.3 is 0 Å². The van der Waals surface area contributed by atoms with Gasteiger partial charge in [0.25, 0.3) is 11.8 Å². The summed E-state index contributed by atoms with van der Waals surface area (Å²) in [6, 6.07) is 24.6. The molecule has 0 spiro atoms. The predicted molar refractivity (Wildman–Crippen MR) is 159 cm³/mol. The van der Waals surface area contributed by atoms with Gasteiger partial charge in [-0.1, -0.05) is 54.6 Å². The Morgan fingerprint density at radius 2 is 1.33 bits per heavy atom. The molecule has 3 N–H and O–H groups in total. The number of pyridine rings is 3. The Morgan fingerprint density at radius 1 is 0.690 bits per heavy atom. The van der Waals surface area contributed by atoms with Crippen LogP contribution in [0.2, 0.25) is 0 Å². The summed E-state index contributed by atoms with van der Waals surface area (Å²) in [5.41, 5.74) is 4.09. The van der Waals surface area contributed by atoms with Crippen molar-refractivity contribution >= 4 is 17.6 Å². The van der Waals surface area contributed by atoms with E-state index in [1.807, 2.05) is 48.5 Å². The normalized spacial score (nSPS) is 10.6. The first-order valence-electron chi connectivity index (χ1n) is 13.5. The Bertz CT molecular complexity index is 1650. The summed E-state index contributed by atoms with van der Waals surface area (Å²) >= 11 is 0. The van der Waals surface area contributed by atoms with Gasteiger partial charge in [-0.25, -0.2) is 9.37 Å². The van der Waals surface area contributed by atoms with Crippen LogP contribution < -0.4 is 16.0 Å². The largest absolute Gasteiger partial charge is 0.369 e. The van der Waals surface area contributed by atoms with E-state index in [1.165, 1.54) is 12.1 Å². The molecular formula is C33H29FN6O2. The second-order valence-electron chi connectivity index (χ2n) is 9.54. The average Bonchev–Trinajstić information content (AvgIpc) is 3.03. The lowest BCUT2D eigenvalue weighted by atomic mass is 10.0. The summed E-state index contributed by atoms with van der Waals surface area (Å²) in [4.78, 5) is 40.1. The number of halogens is 1. The molecule has 0 saturated heterocycles. The fraction of sp³-hybridized carbons (Fsp3) is 0.121. The Morgan fingerprint density at radius 3 is 1.95 bits per heavy atom. The van der Waals surface area contributed by atoms with E-state index in [1.54, 1.807) is 49.1 Å². The van der Waals surface area contributed by atoms with Gasteiger partial charge in [0, 0.05) is 50.0 Å². The molecule has 2 amide bonds. The van der Waals surface area contributed by atoms with Crippen LogP contribution in [-0.4, -0.2) is 33.3 Å². The zero-order valence-corrected chi connectivity index (χ0v) is 22.8. The topological polar surface area (TPSA) is 109 Å². The van der Waals surface area contributed by atoms with Crippen molar-refractivity contribution in [2.45, 2.75) is 19.5 Å². The van der Waals surface area contributed by atoms with Crippen LogP contribution in [0.1, 0.15) is 37.4 Å². The van der Waals surface area contributed by atoms with E-state index < -0.39 is 5.91 Å². The SMILES string of the molecule is O=C(NCc1cccnc1)c1cc(C(=O)NCc2cccnc2)c(-c2ccccc2)nc1NCCc1cccc(F)c1. The molecule has 0 unspecified atom stereocenters. The smallest absolute Gasteiger partial charge is 0.255 e. The molecule has 0 fully saturated rings. The van der Waals surface area contributed by atoms with Gasteiger partial charge < -0.3 is 16.0 Å². The third-order valence-electron chi connectivity index (χ3n) is 6.51. The summed E-state index contributed by atoms with van der Waals surface area (Å²) < 4.78 is 13.7. The van der Waals surface area contributed by atoms with E-state index in [4.69, 9.17) is 4.98 Å². The van der Waals surface area contributed by atoms with Crippen LogP contribution in [0.15, 0.2) is 110 Å². The first-order chi connectivity index (χ1) is 20.6. The molecule has 210 valence electrons. The van der Waals surface area contributed by atoms with E-state index in [2.05, 4.69) is 25.9 Å². The number of carbonyl (C=O) groups is 2. The summed E-state index contributed by atoms with van der Waals surface area (Å²) in [6.45, 7) is 0.898. The maximum atomic E-state index is 13.7. The zero-order chi connectivity index (χ0) is 29.1. The molecule has 0 bridgehead atoms. The molecule has 0 aliphatic rings. The van der Waals surface area contributed by atoms with Crippen molar-refractivity contribution in [3.63, 3.8) is 0 Å². The number of aromatic nitrogens is 3. The lowest BCUT2D eigenvalue weighted by Crippen LogP contribution is -2.28. The van der Waals surface area contributed by atoms with Crippen molar-refractivity contribution < 1.29 is 14.0 Å². The quantitative estimate of drug-likeness (QED) is 0.205. The summed E-state index contributed by atoms with van der Waals surface area (Å²) in [6.07, 6.45) is 7.18. The first-order valence-corrected chi connectivity index (χ1v) is 13.5. The van der Waals surface area contributed by atoms with Crippen LogP contribution in [0.25, 0.3) is 11.3 Å². The molecule has 42 heavy (non-hydrogen) atoms. The molecule has 2 aromatic carbocycles. The number of nitrogens with zero attached hydrogens (tertiary/aromatic N) is 3. The molecule has 9 heteroatoms. The number of amides is 2. The molecule has 0 aliphatic carbocycles. The van der Waals surface area contributed by atoms with Crippen LogP contribution in [-0.2, 0) is 19.5 Å². The van der Waals surface area contributed by atoms with Crippen LogP contribution in [0.4, 0.5) is 10.2 Å². The molecule has 0 radical (unpaired) electrons. The highest BCUT2D eigenvalue weighted by atomic mass is 19.1. The molecule has 5 rings (SSSR count). The molecule has 3 aromatic heterocycles. The van der Waals surface area contributed by atoms with Crippen molar-refractivity contribution in [1.82, 2.24) is 25.6 Å². The van der Waals surface area contributed by atoms with Crippen LogP contribution in [0.5, 0.6) is 0 Å². The third kappa shape index (κ3) is 7.39. The summed E-state index contributed by atoms with van der Waals surface area (Å²) in [7, 11) is 0. The molecule has 5 aromatic rings. The minimum atomic E-state index is -0.402. The van der Waals surface area contributed by atoms with Gasteiger partial charge in [-0.05, 0) is 53.4 Å². The highest BCUT2D eigenvalue weighted by Gasteiger charge is 2.22. The Labute approximate surface area is 243 Å². The lowest BCUT2D eigenvalue weighted by molar-refractivity contribution is 0.0950. The number of hydrogen-bond donors (Lipinski definition) is 3. The van der Waals surface area contributed by atoms with Gasteiger partial charge in [-0.15, -0.1) is 0 Å². The van der Waals surface area contributed by atoms with Crippen LogP contribution in [0.3, 0.4) is 0 Å². The monoisotopic (exact) mass is 560 g/mol. The van der Waals surface area contributed by atoms with Gasteiger partial charge in [0.05, 0.1) is 16.8 Å². The van der Waals surface area contributed by atoms with E-state index in [-0.39, 0.29) is 35.9 Å². The van der Waals surface area contributed by atoms with E-state index in [9.17, 15) is 14.0 Å². The minimum Gasteiger partial charge on any atom is -0.369 e. The van der Waals surface area contributed by atoms with Crippen molar-refractivity contribution in [2.75, 3.05) is 11.9 Å². The Balaban J connectivity index is 1.48. The van der Waals surface area contributed by atoms with Gasteiger partial charge in [-0.3, -0.25) is 19.6 Å². The number of rotatable bonds is 11. The van der Waals surface area contributed by atoms with Crippen molar-refractivity contribution in [3.8, 4) is 11.3 Å². The minimum absolute atomic E-state index is 0.212. The second-order valence-corrected chi connectivity index (χ2v) is 9.54. The van der Waals surface area contributed by atoms with Gasteiger partial charge in [0.1, 0.15) is 11.6 Å². The molecule has 0 aliphatic heterocycles. The number of carbonyl (C=O) groups excluding carboxylic acids is 2. The standard InChI is InChI=1S/C33H29FN6O2/c34-27-12-4-7-23(17-27)13-16-37-31-29(33(42)39-22-25-9-6-15-36-20-25)18-28(30(40-31)26-10-2-1-3-11-26)32(41)38-21-24-8-5-14-35-19-24/h1-12,14-15,17-20H,13,16,21-22H2,(H,37,40)(H,38,41)(H,39,42). The van der Waals surface area contributed by atoms with Crippen molar-refractivity contribution in [2.24, 2.45) is 0 Å². The number of anilines is 1. The molecule has 0 atom stereocenters. The highest BCUT2D eigenvalue weighted by molar-refractivity contribution is 6.06.